The Hall–Kier alpha value is -2.18. The van der Waals surface area contributed by atoms with Crippen LogP contribution in [-0.2, 0) is 11.3 Å². The van der Waals surface area contributed by atoms with Crippen LogP contribution >= 0.6 is 11.8 Å². The molecule has 0 aliphatic heterocycles. The van der Waals surface area contributed by atoms with Crippen LogP contribution in [0.5, 0.6) is 0 Å². The summed E-state index contributed by atoms with van der Waals surface area (Å²) in [5.41, 5.74) is 0. The van der Waals surface area contributed by atoms with E-state index in [1.165, 1.54) is 0 Å². The first-order chi connectivity index (χ1) is 10.7. The minimum atomic E-state index is -4.45. The Balaban J connectivity index is 1.88. The van der Waals surface area contributed by atoms with E-state index in [-0.39, 0.29) is 22.8 Å². The van der Waals surface area contributed by atoms with Crippen molar-refractivity contribution in [3.8, 4) is 0 Å². The van der Waals surface area contributed by atoms with E-state index in [1.807, 2.05) is 13.8 Å². The number of nitrogens with one attached hydrogen (secondary N) is 1. The normalized spacial score (nSPS) is 11.9. The lowest BCUT2D eigenvalue weighted by molar-refractivity contribution is -0.144. The number of alkyl halides is 3. The Morgan fingerprint density at radius 3 is 2.70 bits per heavy atom. The molecule has 1 amide bonds. The zero-order valence-corrected chi connectivity index (χ0v) is 12.8. The van der Waals surface area contributed by atoms with Crippen molar-refractivity contribution in [1.82, 2.24) is 30.4 Å². The monoisotopic (exact) mass is 351 g/mol. The number of halogens is 3. The summed E-state index contributed by atoms with van der Waals surface area (Å²) >= 11 is 0.760. The number of hydrogen-bond acceptors (Lipinski definition) is 8. The molecular weight excluding hydrogens is 339 g/mol. The lowest BCUT2D eigenvalue weighted by Crippen LogP contribution is -2.20. The first-order valence-corrected chi connectivity index (χ1v) is 7.32. The smallest absolute Gasteiger partial charge is 0.408 e. The van der Waals surface area contributed by atoms with Crippen LogP contribution < -0.4 is 5.32 Å². The molecular formula is C10H12F3N7O2S. The van der Waals surface area contributed by atoms with Gasteiger partial charge in [0, 0.05) is 5.92 Å². The molecule has 0 fully saturated rings. The highest BCUT2D eigenvalue weighted by atomic mass is 32.2. The molecule has 0 unspecified atom stereocenters. The van der Waals surface area contributed by atoms with E-state index in [4.69, 9.17) is 4.42 Å². The first-order valence-electron chi connectivity index (χ1n) is 6.33. The third kappa shape index (κ3) is 5.19. The van der Waals surface area contributed by atoms with Crippen LogP contribution in [0.15, 0.2) is 9.57 Å². The Morgan fingerprint density at radius 1 is 1.35 bits per heavy atom. The number of amides is 1. The van der Waals surface area contributed by atoms with Gasteiger partial charge in [-0.25, -0.2) is 4.68 Å². The number of hydrogen-bond donors (Lipinski definition) is 1. The van der Waals surface area contributed by atoms with Gasteiger partial charge >= 0.3 is 12.2 Å². The van der Waals surface area contributed by atoms with Crippen LogP contribution in [0.1, 0.15) is 25.7 Å². The molecule has 126 valence electrons. The summed E-state index contributed by atoms with van der Waals surface area (Å²) < 4.78 is 42.7. The van der Waals surface area contributed by atoms with E-state index in [9.17, 15) is 18.0 Å². The highest BCUT2D eigenvalue weighted by Crippen LogP contribution is 2.21. The van der Waals surface area contributed by atoms with E-state index in [0.29, 0.717) is 10.6 Å². The second kappa shape index (κ2) is 6.93. The summed E-state index contributed by atoms with van der Waals surface area (Å²) in [7, 11) is 0. The number of carbonyl (C=O) groups is 1. The molecule has 0 aromatic carbocycles. The molecule has 0 atom stereocenters. The van der Waals surface area contributed by atoms with E-state index < -0.39 is 18.6 Å². The molecule has 0 aliphatic carbocycles. The molecule has 2 rings (SSSR count). The van der Waals surface area contributed by atoms with Crippen LogP contribution in [0, 0.1) is 0 Å². The van der Waals surface area contributed by atoms with Crippen molar-refractivity contribution < 1.29 is 22.4 Å². The standard InChI is InChI=1S/C10H12F3N7O2S/c1-5(2)7-15-16-8(22-7)14-6(21)3-23-9-17-18-19-20(9)4-10(11,12)13/h5H,3-4H2,1-2H3,(H,14,16,21). The first kappa shape index (κ1) is 17.2. The number of anilines is 1. The molecule has 2 heterocycles. The zero-order chi connectivity index (χ0) is 17.0. The van der Waals surface area contributed by atoms with Crippen molar-refractivity contribution in [2.75, 3.05) is 11.1 Å². The second-order valence-corrected chi connectivity index (χ2v) is 5.61. The quantitative estimate of drug-likeness (QED) is 0.779. The molecule has 0 aliphatic rings. The van der Waals surface area contributed by atoms with Gasteiger partial charge in [0.15, 0.2) is 0 Å². The van der Waals surface area contributed by atoms with Crippen LogP contribution in [0.2, 0.25) is 0 Å². The van der Waals surface area contributed by atoms with Gasteiger partial charge in [0.25, 0.3) is 0 Å². The van der Waals surface area contributed by atoms with Crippen molar-refractivity contribution >= 4 is 23.7 Å². The molecule has 9 nitrogen and oxygen atoms in total. The highest BCUT2D eigenvalue weighted by Gasteiger charge is 2.30. The molecule has 23 heavy (non-hydrogen) atoms. The van der Waals surface area contributed by atoms with E-state index in [2.05, 4.69) is 31.0 Å². The third-order valence-electron chi connectivity index (χ3n) is 2.34. The van der Waals surface area contributed by atoms with Gasteiger partial charge in [0.1, 0.15) is 6.54 Å². The molecule has 0 radical (unpaired) electrons. The van der Waals surface area contributed by atoms with Crippen LogP contribution in [0.4, 0.5) is 19.2 Å². The van der Waals surface area contributed by atoms with Gasteiger partial charge in [0.05, 0.1) is 5.75 Å². The molecule has 2 aromatic rings. The number of aromatic nitrogens is 6. The zero-order valence-electron chi connectivity index (χ0n) is 12.0. The number of tetrazole rings is 1. The number of carbonyl (C=O) groups excluding carboxylic acids is 1. The molecule has 1 N–H and O–H groups in total. The average molecular weight is 351 g/mol. The Morgan fingerprint density at radius 2 is 2.09 bits per heavy atom. The second-order valence-electron chi connectivity index (χ2n) is 4.67. The van der Waals surface area contributed by atoms with Gasteiger partial charge < -0.3 is 4.42 Å². The summed E-state index contributed by atoms with van der Waals surface area (Å²) in [6.07, 6.45) is -4.45. The van der Waals surface area contributed by atoms with Crippen molar-refractivity contribution in [2.24, 2.45) is 0 Å². The lowest BCUT2D eigenvalue weighted by Gasteiger charge is -2.07. The number of nitrogens with zero attached hydrogens (tertiary/aromatic N) is 6. The lowest BCUT2D eigenvalue weighted by atomic mass is 10.2. The van der Waals surface area contributed by atoms with Crippen molar-refractivity contribution in [1.29, 1.82) is 0 Å². The fourth-order valence-corrected chi connectivity index (χ4v) is 2.05. The fourth-order valence-electron chi connectivity index (χ4n) is 1.37. The fraction of sp³-hybridized carbons (Fsp3) is 0.600. The van der Waals surface area contributed by atoms with Crippen LogP contribution in [0.25, 0.3) is 0 Å². The molecule has 0 saturated carbocycles. The van der Waals surface area contributed by atoms with Gasteiger partial charge in [-0.05, 0) is 10.4 Å². The minimum absolute atomic E-state index is 0.00882. The van der Waals surface area contributed by atoms with Crippen molar-refractivity contribution in [3.63, 3.8) is 0 Å². The van der Waals surface area contributed by atoms with E-state index >= 15 is 0 Å². The average Bonchev–Trinajstić information content (AvgIpc) is 3.04. The summed E-state index contributed by atoms with van der Waals surface area (Å²) in [5, 5.41) is 19.4. The maximum atomic E-state index is 12.3. The minimum Gasteiger partial charge on any atom is -0.408 e. The molecule has 0 spiro atoms. The summed E-state index contributed by atoms with van der Waals surface area (Å²) in [6, 6.07) is -0.0748. The van der Waals surface area contributed by atoms with Crippen LogP contribution in [0.3, 0.4) is 0 Å². The molecule has 0 bridgehead atoms. The van der Waals surface area contributed by atoms with E-state index in [0.717, 1.165) is 11.8 Å². The summed E-state index contributed by atoms with van der Waals surface area (Å²) in [6.45, 7) is 2.36. The van der Waals surface area contributed by atoms with E-state index in [1.54, 1.807) is 0 Å². The van der Waals surface area contributed by atoms with Gasteiger partial charge in [-0.2, -0.15) is 13.2 Å². The van der Waals surface area contributed by atoms with Crippen LogP contribution in [-0.4, -0.2) is 48.2 Å². The van der Waals surface area contributed by atoms with Crippen molar-refractivity contribution in [2.45, 2.75) is 37.6 Å². The van der Waals surface area contributed by atoms with Gasteiger partial charge in [-0.3, -0.25) is 10.1 Å². The highest BCUT2D eigenvalue weighted by molar-refractivity contribution is 7.99. The third-order valence-corrected chi connectivity index (χ3v) is 3.30. The molecule has 13 heteroatoms. The Labute approximate surface area is 132 Å². The number of thioether (sulfide) groups is 1. The Kier molecular flexibility index (Phi) is 5.18. The summed E-state index contributed by atoms with van der Waals surface area (Å²) in [4.78, 5) is 11.7. The number of rotatable bonds is 6. The maximum Gasteiger partial charge on any atom is 0.408 e. The predicted molar refractivity (Wildman–Crippen MR) is 71.6 cm³/mol. The van der Waals surface area contributed by atoms with Crippen molar-refractivity contribution in [3.05, 3.63) is 5.89 Å². The topological polar surface area (TPSA) is 112 Å². The SMILES string of the molecule is CC(C)c1nnc(NC(=O)CSc2nnnn2CC(F)(F)F)o1. The van der Waals surface area contributed by atoms with Gasteiger partial charge in [-0.1, -0.05) is 30.7 Å². The van der Waals surface area contributed by atoms with Gasteiger partial charge in [0.2, 0.25) is 17.0 Å². The predicted octanol–water partition coefficient (Wildman–Crippen LogP) is 1.47. The maximum absolute atomic E-state index is 12.3. The Bertz CT molecular complexity index is 669. The summed E-state index contributed by atoms with van der Waals surface area (Å²) in [5.74, 6) is -0.371. The molecule has 2 aromatic heterocycles. The largest absolute Gasteiger partial charge is 0.408 e. The van der Waals surface area contributed by atoms with Gasteiger partial charge in [-0.15, -0.1) is 10.2 Å². The molecule has 0 saturated heterocycles.